The zero-order chi connectivity index (χ0) is 27.9. The van der Waals surface area contributed by atoms with E-state index in [1.54, 1.807) is 25.1 Å². The molecule has 0 aliphatic heterocycles. The highest BCUT2D eigenvalue weighted by Gasteiger charge is 2.34. The molecule has 8 nitrogen and oxygen atoms in total. The van der Waals surface area contributed by atoms with E-state index in [0.717, 1.165) is 10.4 Å². The lowest BCUT2D eigenvalue weighted by Gasteiger charge is -2.34. The number of carbonyl (C=O) groups is 2. The van der Waals surface area contributed by atoms with Gasteiger partial charge in [-0.2, -0.15) is 12.7 Å². The second-order valence-electron chi connectivity index (χ2n) is 9.08. The molecule has 2 amide bonds. The summed E-state index contributed by atoms with van der Waals surface area (Å²) in [6.07, 6.45) is 0.261. The van der Waals surface area contributed by atoms with Crippen molar-refractivity contribution in [2.24, 2.45) is 5.92 Å². The second-order valence-corrected chi connectivity index (χ2v) is 12.0. The molecule has 37 heavy (non-hydrogen) atoms. The summed E-state index contributed by atoms with van der Waals surface area (Å²) in [5.41, 5.74) is 0.308. The third-order valence-corrected chi connectivity index (χ3v) is 8.09. The number of nitrogens with zero attached hydrogens (tertiary/aromatic N) is 3. The lowest BCUT2D eigenvalue weighted by atomic mass is 10.1. The van der Waals surface area contributed by atoms with Crippen LogP contribution in [0.25, 0.3) is 0 Å². The molecule has 0 bridgehead atoms. The summed E-state index contributed by atoms with van der Waals surface area (Å²) in [4.78, 5) is 28.1. The van der Waals surface area contributed by atoms with Gasteiger partial charge < -0.3 is 10.2 Å². The number of hydrogen-bond acceptors (Lipinski definition) is 4. The molecule has 0 aromatic heterocycles. The maximum absolute atomic E-state index is 14.7. The molecule has 0 saturated heterocycles. The molecule has 0 aliphatic rings. The van der Waals surface area contributed by atoms with Gasteiger partial charge in [0, 0.05) is 27.2 Å². The van der Waals surface area contributed by atoms with Crippen LogP contribution in [0.4, 0.5) is 10.1 Å². The van der Waals surface area contributed by atoms with E-state index in [0.29, 0.717) is 21.4 Å². The van der Waals surface area contributed by atoms with Crippen molar-refractivity contribution in [3.63, 3.8) is 0 Å². The van der Waals surface area contributed by atoms with Crippen LogP contribution in [0.15, 0.2) is 42.5 Å². The van der Waals surface area contributed by atoms with Crippen LogP contribution in [-0.2, 0) is 26.3 Å². The number of rotatable bonds is 12. The fraction of sp³-hybridized carbons (Fsp3) is 0.440. The minimum atomic E-state index is -4.26. The predicted molar refractivity (Wildman–Crippen MR) is 145 cm³/mol. The van der Waals surface area contributed by atoms with Gasteiger partial charge in [0.1, 0.15) is 18.4 Å². The Morgan fingerprint density at radius 1 is 1.05 bits per heavy atom. The van der Waals surface area contributed by atoms with E-state index in [2.05, 4.69) is 5.32 Å². The van der Waals surface area contributed by atoms with Crippen LogP contribution in [0.5, 0.6) is 0 Å². The Labute approximate surface area is 228 Å². The maximum atomic E-state index is 14.7. The second kappa shape index (κ2) is 13.4. The van der Waals surface area contributed by atoms with Crippen molar-refractivity contribution in [3.8, 4) is 0 Å². The van der Waals surface area contributed by atoms with Crippen LogP contribution in [0.1, 0.15) is 32.8 Å². The van der Waals surface area contributed by atoms with Crippen LogP contribution in [-0.4, -0.2) is 62.7 Å². The van der Waals surface area contributed by atoms with Crippen LogP contribution in [0, 0.1) is 11.7 Å². The fourth-order valence-corrected chi connectivity index (χ4v) is 4.92. The quantitative estimate of drug-likeness (QED) is 0.408. The smallest absolute Gasteiger partial charge is 0.304 e. The zero-order valence-electron chi connectivity index (χ0n) is 21.5. The molecule has 1 N–H and O–H groups in total. The highest BCUT2D eigenvalue weighted by atomic mass is 35.5. The Morgan fingerprint density at radius 3 is 2.24 bits per heavy atom. The first-order valence-corrected chi connectivity index (χ1v) is 13.9. The highest BCUT2D eigenvalue weighted by molar-refractivity contribution is 7.90. The molecule has 2 aromatic carbocycles. The summed E-state index contributed by atoms with van der Waals surface area (Å²) in [6, 6.07) is 9.19. The van der Waals surface area contributed by atoms with Crippen molar-refractivity contribution >= 4 is 50.9 Å². The van der Waals surface area contributed by atoms with Crippen molar-refractivity contribution in [1.82, 2.24) is 14.5 Å². The standard InChI is InChI=1S/C25H33Cl2FN4O4S/c1-6-22(25(34)29-14-17(2)3)31(15-18-11-12-19(26)20(27)13-18)24(33)16-32(37(35,36)30(4)5)23-10-8-7-9-21(23)28/h7-13,17,22H,6,14-16H2,1-5H3,(H,29,34)/t22-/m0/s1. The van der Waals surface area contributed by atoms with Gasteiger partial charge in [-0.15, -0.1) is 0 Å². The molecule has 0 heterocycles. The Bertz CT molecular complexity index is 1210. The van der Waals surface area contributed by atoms with Crippen molar-refractivity contribution < 1.29 is 22.4 Å². The number of amides is 2. The van der Waals surface area contributed by atoms with Gasteiger partial charge in [-0.1, -0.05) is 62.2 Å². The first-order chi connectivity index (χ1) is 17.3. The van der Waals surface area contributed by atoms with Crippen LogP contribution < -0.4 is 9.62 Å². The summed E-state index contributed by atoms with van der Waals surface area (Å²) in [5.74, 6) is -1.69. The molecule has 0 spiro atoms. The predicted octanol–water partition coefficient (Wildman–Crippen LogP) is 4.32. The van der Waals surface area contributed by atoms with Gasteiger partial charge in [0.2, 0.25) is 11.8 Å². The van der Waals surface area contributed by atoms with E-state index in [9.17, 15) is 22.4 Å². The van der Waals surface area contributed by atoms with Gasteiger partial charge >= 0.3 is 10.2 Å². The topological polar surface area (TPSA) is 90.0 Å². The molecule has 12 heteroatoms. The van der Waals surface area contributed by atoms with Crippen molar-refractivity contribution in [1.29, 1.82) is 0 Å². The fourth-order valence-electron chi connectivity index (χ4n) is 3.53. The molecule has 204 valence electrons. The molecule has 2 rings (SSSR count). The van der Waals surface area contributed by atoms with Gasteiger partial charge in [0.05, 0.1) is 15.7 Å². The van der Waals surface area contributed by atoms with Gasteiger partial charge in [0.15, 0.2) is 0 Å². The summed E-state index contributed by atoms with van der Waals surface area (Å²) in [7, 11) is -1.69. The van der Waals surface area contributed by atoms with Crippen LogP contribution >= 0.6 is 23.2 Å². The Kier molecular flexibility index (Phi) is 11.2. The van der Waals surface area contributed by atoms with E-state index < -0.39 is 34.5 Å². The van der Waals surface area contributed by atoms with Crippen molar-refractivity contribution in [3.05, 3.63) is 63.9 Å². The van der Waals surface area contributed by atoms with Crippen LogP contribution in [0.3, 0.4) is 0 Å². The van der Waals surface area contributed by atoms with Crippen LogP contribution in [0.2, 0.25) is 10.0 Å². The molecule has 0 fully saturated rings. The SMILES string of the molecule is CC[C@@H](C(=O)NCC(C)C)N(Cc1ccc(Cl)c(Cl)c1)C(=O)CN(c1ccccc1F)S(=O)(=O)N(C)C. The monoisotopic (exact) mass is 574 g/mol. The largest absolute Gasteiger partial charge is 0.354 e. The average Bonchev–Trinajstić information content (AvgIpc) is 2.83. The number of hydrogen-bond donors (Lipinski definition) is 1. The number of carbonyl (C=O) groups excluding carboxylic acids is 2. The first kappa shape index (κ1) is 30.8. The average molecular weight is 576 g/mol. The zero-order valence-corrected chi connectivity index (χ0v) is 23.9. The highest BCUT2D eigenvalue weighted by Crippen LogP contribution is 2.26. The Hall–Kier alpha value is -2.40. The lowest BCUT2D eigenvalue weighted by Crippen LogP contribution is -2.53. The van der Waals surface area contributed by atoms with Crippen molar-refractivity contribution in [2.45, 2.75) is 39.8 Å². The summed E-state index contributed by atoms with van der Waals surface area (Å²) >= 11 is 12.2. The normalized spacial score (nSPS) is 12.5. The number of benzene rings is 2. The summed E-state index contributed by atoms with van der Waals surface area (Å²) in [6.45, 7) is 5.27. The van der Waals surface area contributed by atoms with Gasteiger partial charge in [-0.05, 0) is 42.2 Å². The van der Waals surface area contributed by atoms with Gasteiger partial charge in [-0.3, -0.25) is 9.59 Å². The number of nitrogens with one attached hydrogen (secondary N) is 1. The molecule has 2 aromatic rings. The molecule has 0 radical (unpaired) electrons. The minimum Gasteiger partial charge on any atom is -0.354 e. The minimum absolute atomic E-state index is 0.0452. The molecule has 0 aliphatic carbocycles. The lowest BCUT2D eigenvalue weighted by molar-refractivity contribution is -0.140. The van der Waals surface area contributed by atoms with E-state index in [4.69, 9.17) is 23.2 Å². The van der Waals surface area contributed by atoms with Gasteiger partial charge in [0.25, 0.3) is 0 Å². The molecule has 1 atom stereocenters. The summed E-state index contributed by atoms with van der Waals surface area (Å²) in [5, 5.41) is 3.43. The Morgan fingerprint density at radius 2 is 1.70 bits per heavy atom. The van der Waals surface area contributed by atoms with Gasteiger partial charge in [-0.25, -0.2) is 8.70 Å². The Balaban J connectivity index is 2.52. The third-order valence-electron chi connectivity index (χ3n) is 5.55. The first-order valence-electron chi connectivity index (χ1n) is 11.7. The number of para-hydroxylation sites is 1. The van der Waals surface area contributed by atoms with E-state index in [1.165, 1.54) is 37.2 Å². The molecular formula is C25H33Cl2FN4O4S. The van der Waals surface area contributed by atoms with E-state index >= 15 is 0 Å². The van der Waals surface area contributed by atoms with Crippen molar-refractivity contribution in [2.75, 3.05) is 31.5 Å². The third kappa shape index (κ3) is 8.04. The molecular weight excluding hydrogens is 542 g/mol. The number of anilines is 1. The molecule has 0 unspecified atom stereocenters. The number of halogens is 3. The maximum Gasteiger partial charge on any atom is 0.304 e. The van der Waals surface area contributed by atoms with E-state index in [1.807, 2.05) is 13.8 Å². The summed E-state index contributed by atoms with van der Waals surface area (Å²) < 4.78 is 42.6. The van der Waals surface area contributed by atoms with E-state index in [-0.39, 0.29) is 35.5 Å². The molecule has 0 saturated carbocycles.